The first kappa shape index (κ1) is 45.2. The molecule has 6 aliphatic rings. The highest BCUT2D eigenvalue weighted by Crippen LogP contribution is 2.46. The maximum Gasteiger partial charge on any atom is 0.410 e. The van der Waals surface area contributed by atoms with E-state index in [4.69, 9.17) is 9.47 Å². The SMILES string of the molecule is C1CCNC1.CC(C)(C)OC(=O)NC1CCCCCC=CC2CC2(C(=O)N=S(=O)=O)NC(=O)C2CC(OC(=O)N3CCc4ccccc4[C@H]3CN3CCCCC3)CN2C1=O. The fourth-order valence-electron chi connectivity index (χ4n) is 9.03. The third-order valence-electron chi connectivity index (χ3n) is 12.2. The van der Waals surface area contributed by atoms with Gasteiger partial charge in [-0.2, -0.15) is 8.42 Å². The predicted octanol–water partition coefficient (Wildman–Crippen LogP) is 4.43. The molecule has 0 bridgehead atoms. The van der Waals surface area contributed by atoms with Gasteiger partial charge in [0, 0.05) is 25.4 Å². The van der Waals surface area contributed by atoms with Crippen LogP contribution in [0.1, 0.15) is 115 Å². The molecule has 7 rings (SSSR count). The van der Waals surface area contributed by atoms with Crippen LogP contribution < -0.4 is 16.0 Å². The van der Waals surface area contributed by atoms with Crippen molar-refractivity contribution in [3.63, 3.8) is 0 Å². The Morgan fingerprint density at radius 1 is 0.967 bits per heavy atom. The van der Waals surface area contributed by atoms with E-state index >= 15 is 0 Å². The van der Waals surface area contributed by atoms with Crippen LogP contribution in [0.15, 0.2) is 40.8 Å². The number of nitrogens with one attached hydrogen (secondary N) is 3. The number of likely N-dealkylation sites (tertiary alicyclic amines) is 1. The van der Waals surface area contributed by atoms with Crippen molar-refractivity contribution in [3.05, 3.63) is 47.5 Å². The predicted molar refractivity (Wildman–Crippen MR) is 223 cm³/mol. The topological polar surface area (TPSA) is 196 Å². The van der Waals surface area contributed by atoms with E-state index in [0.29, 0.717) is 32.4 Å². The summed E-state index contributed by atoms with van der Waals surface area (Å²) in [6, 6.07) is 5.65. The summed E-state index contributed by atoms with van der Waals surface area (Å²) in [5.41, 5.74) is -0.145. The first-order valence-corrected chi connectivity index (χ1v) is 22.9. The van der Waals surface area contributed by atoms with Gasteiger partial charge in [-0.05, 0) is 116 Å². The van der Waals surface area contributed by atoms with Gasteiger partial charge in [-0.25, -0.2) is 9.59 Å². The number of carbonyl (C=O) groups is 5. The number of fused-ring (bicyclic) bond motifs is 3. The van der Waals surface area contributed by atoms with E-state index in [2.05, 4.69) is 37.3 Å². The van der Waals surface area contributed by atoms with Crippen LogP contribution in [-0.2, 0) is 40.8 Å². The molecule has 0 radical (unpaired) electrons. The summed E-state index contributed by atoms with van der Waals surface area (Å²) in [6.07, 6.45) is 11.4. The Balaban J connectivity index is 0.00000112. The summed E-state index contributed by atoms with van der Waals surface area (Å²) in [7, 11) is -3.03. The molecule has 1 aromatic carbocycles. The van der Waals surface area contributed by atoms with Crippen molar-refractivity contribution >= 4 is 40.4 Å². The summed E-state index contributed by atoms with van der Waals surface area (Å²) in [4.78, 5) is 74.4. The lowest BCUT2D eigenvalue weighted by Gasteiger charge is -2.40. The van der Waals surface area contributed by atoms with Gasteiger partial charge < -0.3 is 35.2 Å². The first-order chi connectivity index (χ1) is 28.7. The number of hydrogen-bond acceptors (Lipinski definition) is 11. The zero-order valence-corrected chi connectivity index (χ0v) is 36.2. The second-order valence-electron chi connectivity index (χ2n) is 17.9. The average molecular weight is 854 g/mol. The number of amides is 5. The number of benzene rings is 1. The molecule has 5 aliphatic heterocycles. The molecular formula is C43H63N7O9S. The van der Waals surface area contributed by atoms with Crippen molar-refractivity contribution in [3.8, 4) is 0 Å². The molecule has 3 saturated heterocycles. The number of nitrogens with zero attached hydrogens (tertiary/aromatic N) is 4. The van der Waals surface area contributed by atoms with Crippen LogP contribution in [0.3, 0.4) is 0 Å². The highest BCUT2D eigenvalue weighted by atomic mass is 32.2. The van der Waals surface area contributed by atoms with Crippen molar-refractivity contribution in [2.75, 3.05) is 45.8 Å². The second kappa shape index (κ2) is 20.5. The van der Waals surface area contributed by atoms with Crippen LogP contribution in [-0.4, -0.2) is 128 Å². The molecule has 5 unspecified atom stereocenters. The summed E-state index contributed by atoms with van der Waals surface area (Å²) < 4.78 is 37.8. The molecule has 0 spiro atoms. The monoisotopic (exact) mass is 853 g/mol. The minimum atomic E-state index is -3.03. The fourth-order valence-corrected chi connectivity index (χ4v) is 9.33. The Morgan fingerprint density at radius 3 is 2.40 bits per heavy atom. The third kappa shape index (κ3) is 11.9. The van der Waals surface area contributed by atoms with Gasteiger partial charge >= 0.3 is 22.7 Å². The number of alkyl carbamates (subject to hydrolysis) is 1. The van der Waals surface area contributed by atoms with Crippen molar-refractivity contribution in [2.24, 2.45) is 10.3 Å². The van der Waals surface area contributed by atoms with Crippen LogP contribution >= 0.6 is 0 Å². The molecule has 6 atom stereocenters. The average Bonchev–Trinajstić information content (AvgIpc) is 3.52. The number of ether oxygens (including phenoxy) is 2. The lowest BCUT2D eigenvalue weighted by atomic mass is 9.92. The molecule has 1 saturated carbocycles. The number of allylic oxidation sites excluding steroid dienone is 1. The second-order valence-corrected chi connectivity index (χ2v) is 18.5. The van der Waals surface area contributed by atoms with Gasteiger partial charge in [-0.1, -0.05) is 60.0 Å². The molecule has 1 aliphatic carbocycles. The largest absolute Gasteiger partial charge is 0.444 e. The third-order valence-corrected chi connectivity index (χ3v) is 12.5. The first-order valence-electron chi connectivity index (χ1n) is 21.9. The highest BCUT2D eigenvalue weighted by Gasteiger charge is 2.61. The molecular weight excluding hydrogens is 791 g/mol. The van der Waals surface area contributed by atoms with Crippen LogP contribution in [0.25, 0.3) is 0 Å². The molecule has 17 heteroatoms. The van der Waals surface area contributed by atoms with E-state index in [1.54, 1.807) is 31.7 Å². The Kier molecular flexibility index (Phi) is 15.4. The molecule has 16 nitrogen and oxygen atoms in total. The minimum Gasteiger partial charge on any atom is -0.444 e. The van der Waals surface area contributed by atoms with Crippen LogP contribution in [0.5, 0.6) is 0 Å². The number of hydrogen-bond donors (Lipinski definition) is 3. The molecule has 330 valence electrons. The molecule has 5 heterocycles. The normalized spacial score (nSPS) is 28.6. The van der Waals surface area contributed by atoms with E-state index < -0.39 is 75.7 Å². The van der Waals surface area contributed by atoms with E-state index in [0.717, 1.165) is 44.3 Å². The van der Waals surface area contributed by atoms with Gasteiger partial charge in [0.25, 0.3) is 5.91 Å². The molecule has 4 fully saturated rings. The maximum absolute atomic E-state index is 14.4. The highest BCUT2D eigenvalue weighted by molar-refractivity contribution is 7.62. The standard InChI is InChI=1S/C39H54N6O9S.C4H9N/c1-38(2,3)54-36(49)40-30-17-9-6-4-5-8-15-27-23-39(27,35(48)42-55(51)52)41-33(46)31-22-28(24-45(31)34(30)47)53-37(50)44-21-18-26-14-10-11-16-29(26)32(44)25-43-19-12-7-13-20-43;1-2-4-5-3-1/h8,10-11,14-16,27-28,30-32H,4-7,9,12-13,17-25H2,1-3H3,(H,40,49)(H,41,46);5H,1-4H2/t27?,28?,30?,31?,32-,39?;/m1./s1. The number of carbonyl (C=O) groups excluding carboxylic acids is 5. The quantitative estimate of drug-likeness (QED) is 0.355. The number of piperidine rings is 1. The Hall–Kier alpha value is -4.35. The van der Waals surface area contributed by atoms with Crippen molar-refractivity contribution in [1.29, 1.82) is 0 Å². The van der Waals surface area contributed by atoms with E-state index in [9.17, 15) is 32.4 Å². The molecule has 0 aromatic heterocycles. The van der Waals surface area contributed by atoms with E-state index in [1.165, 1.54) is 42.8 Å². The van der Waals surface area contributed by atoms with Gasteiger partial charge in [0.1, 0.15) is 29.3 Å². The van der Waals surface area contributed by atoms with E-state index in [1.807, 2.05) is 18.2 Å². The number of rotatable bonds is 5. The Morgan fingerprint density at radius 2 is 1.70 bits per heavy atom. The zero-order chi connectivity index (χ0) is 42.9. The Bertz CT molecular complexity index is 1880. The summed E-state index contributed by atoms with van der Waals surface area (Å²) in [5, 5.41) is 8.69. The zero-order valence-electron chi connectivity index (χ0n) is 35.4. The minimum absolute atomic E-state index is 0.0703. The van der Waals surface area contributed by atoms with Crippen molar-refractivity contribution in [2.45, 2.75) is 140 Å². The van der Waals surface area contributed by atoms with Gasteiger partial charge in [0.2, 0.25) is 11.8 Å². The van der Waals surface area contributed by atoms with Crippen molar-refractivity contribution in [1.82, 2.24) is 30.7 Å². The lowest BCUT2D eigenvalue weighted by Crippen LogP contribution is -2.56. The lowest BCUT2D eigenvalue weighted by molar-refractivity contribution is -0.141. The summed E-state index contributed by atoms with van der Waals surface area (Å²) in [6.45, 7) is 10.5. The molecule has 60 heavy (non-hydrogen) atoms. The van der Waals surface area contributed by atoms with Crippen LogP contribution in [0, 0.1) is 5.92 Å². The molecule has 5 amide bonds. The molecule has 1 aromatic rings. The Labute approximate surface area is 355 Å². The maximum atomic E-state index is 14.4. The van der Waals surface area contributed by atoms with Gasteiger partial charge in [0.15, 0.2) is 0 Å². The molecule has 3 N–H and O–H groups in total. The van der Waals surface area contributed by atoms with Gasteiger partial charge in [0.05, 0.1) is 12.6 Å². The van der Waals surface area contributed by atoms with Gasteiger partial charge in [-0.15, -0.1) is 0 Å². The summed E-state index contributed by atoms with van der Waals surface area (Å²) in [5.74, 6) is -2.74. The fraction of sp³-hybridized carbons (Fsp3) is 0.698. The summed E-state index contributed by atoms with van der Waals surface area (Å²) >= 11 is 0. The van der Waals surface area contributed by atoms with Crippen LogP contribution in [0.4, 0.5) is 9.59 Å². The van der Waals surface area contributed by atoms with Crippen LogP contribution in [0.2, 0.25) is 0 Å². The van der Waals surface area contributed by atoms with Gasteiger partial charge in [-0.3, -0.25) is 19.3 Å². The van der Waals surface area contributed by atoms with E-state index in [-0.39, 0.29) is 31.8 Å². The smallest absolute Gasteiger partial charge is 0.410 e. The van der Waals surface area contributed by atoms with Crippen molar-refractivity contribution < 1.29 is 41.9 Å².